The fourth-order valence-corrected chi connectivity index (χ4v) is 2.64. The van der Waals surface area contributed by atoms with Crippen LogP contribution in [-0.2, 0) is 6.42 Å². The molecule has 0 fully saturated rings. The molecule has 1 atom stereocenters. The number of aryl methyl sites for hydroxylation is 1. The number of halogens is 2. The van der Waals surface area contributed by atoms with Gasteiger partial charge in [-0.15, -0.1) is 24.0 Å². The molecule has 0 saturated carbocycles. The molecular weight excluding hydrogens is 493 g/mol. The number of hydrogen-bond acceptors (Lipinski definition) is 5. The van der Waals surface area contributed by atoms with E-state index in [1.807, 2.05) is 38.1 Å². The topological polar surface area (TPSA) is 88.5 Å². The lowest BCUT2D eigenvalue weighted by molar-refractivity contribution is 0.378. The van der Waals surface area contributed by atoms with Crippen molar-refractivity contribution in [3.8, 4) is 11.4 Å². The highest BCUT2D eigenvalue weighted by atomic mass is 127. The van der Waals surface area contributed by atoms with Crippen LogP contribution in [0.25, 0.3) is 11.4 Å². The summed E-state index contributed by atoms with van der Waals surface area (Å²) in [5.41, 5.74) is 0.863. The second kappa shape index (κ2) is 10.5. The summed E-state index contributed by atoms with van der Waals surface area (Å²) in [4.78, 5) is 8.63. The lowest BCUT2D eigenvalue weighted by Crippen LogP contribution is -2.39. The summed E-state index contributed by atoms with van der Waals surface area (Å²) >= 11 is 5.90. The van der Waals surface area contributed by atoms with E-state index >= 15 is 0 Å². The average molecular weight is 516 g/mol. The number of furan rings is 1. The van der Waals surface area contributed by atoms with Gasteiger partial charge in [0.25, 0.3) is 0 Å². The van der Waals surface area contributed by atoms with Gasteiger partial charge >= 0.3 is 0 Å². The van der Waals surface area contributed by atoms with Gasteiger partial charge in [0, 0.05) is 30.6 Å². The Labute approximate surface area is 186 Å². The molecule has 7 nitrogen and oxygen atoms in total. The van der Waals surface area contributed by atoms with Gasteiger partial charge in [0.1, 0.15) is 11.5 Å². The molecule has 3 rings (SSSR count). The highest BCUT2D eigenvalue weighted by Gasteiger charge is 2.12. The average Bonchev–Trinajstić information content (AvgIpc) is 3.30. The lowest BCUT2D eigenvalue weighted by atomic mass is 10.2. The fourth-order valence-electron chi connectivity index (χ4n) is 2.52. The Morgan fingerprint density at radius 2 is 1.96 bits per heavy atom. The molecule has 1 aromatic carbocycles. The maximum Gasteiger partial charge on any atom is 0.228 e. The van der Waals surface area contributed by atoms with E-state index in [1.165, 1.54) is 0 Å². The van der Waals surface area contributed by atoms with Gasteiger partial charge in [-0.25, -0.2) is 0 Å². The number of aromatic nitrogens is 2. The first-order valence-corrected chi connectivity index (χ1v) is 9.05. The molecule has 0 aliphatic rings. The molecule has 0 spiro atoms. The Bertz CT molecular complexity index is 907. The quantitative estimate of drug-likeness (QED) is 0.288. The fraction of sp³-hybridized carbons (Fsp3) is 0.316. The summed E-state index contributed by atoms with van der Waals surface area (Å²) in [5.74, 6) is 3.52. The van der Waals surface area contributed by atoms with Gasteiger partial charge < -0.3 is 19.6 Å². The maximum atomic E-state index is 5.90. The zero-order valence-electron chi connectivity index (χ0n) is 15.9. The van der Waals surface area contributed by atoms with Crippen LogP contribution in [0.2, 0.25) is 5.02 Å². The normalized spacial score (nSPS) is 12.4. The number of nitrogens with one attached hydrogen (secondary N) is 2. The van der Waals surface area contributed by atoms with Gasteiger partial charge in [-0.05, 0) is 50.2 Å². The number of benzene rings is 1. The van der Waals surface area contributed by atoms with Crippen LogP contribution in [0.15, 0.2) is 50.3 Å². The van der Waals surface area contributed by atoms with E-state index in [4.69, 9.17) is 20.5 Å². The monoisotopic (exact) mass is 515 g/mol. The van der Waals surface area contributed by atoms with Crippen LogP contribution in [-0.4, -0.2) is 29.7 Å². The van der Waals surface area contributed by atoms with Crippen LogP contribution in [0.5, 0.6) is 0 Å². The summed E-state index contributed by atoms with van der Waals surface area (Å²) in [5, 5.41) is 11.2. The molecule has 3 aromatic rings. The molecular formula is C19H23ClIN5O2. The molecule has 2 N–H and O–H groups in total. The molecule has 2 heterocycles. The molecule has 28 heavy (non-hydrogen) atoms. The summed E-state index contributed by atoms with van der Waals surface area (Å²) < 4.78 is 10.9. The van der Waals surface area contributed by atoms with Gasteiger partial charge in [0.2, 0.25) is 11.7 Å². The summed E-state index contributed by atoms with van der Waals surface area (Å²) in [6, 6.07) is 11.2. The Hall–Kier alpha value is -2.07. The highest BCUT2D eigenvalue weighted by Crippen LogP contribution is 2.18. The summed E-state index contributed by atoms with van der Waals surface area (Å²) in [7, 11) is 1.72. The number of hydrogen-bond donors (Lipinski definition) is 2. The number of rotatable bonds is 6. The van der Waals surface area contributed by atoms with E-state index in [1.54, 1.807) is 19.2 Å². The Morgan fingerprint density at radius 3 is 2.61 bits per heavy atom. The second-order valence-electron chi connectivity index (χ2n) is 6.08. The third kappa shape index (κ3) is 5.96. The minimum absolute atomic E-state index is 0. The summed E-state index contributed by atoms with van der Waals surface area (Å²) in [6.45, 7) is 4.54. The SMILES string of the molecule is CN=C(NCCc1nc(-c2ccc(Cl)cc2)no1)NC(C)c1ccc(C)o1.I. The molecule has 0 bridgehead atoms. The van der Waals surface area contributed by atoms with Gasteiger partial charge in [-0.1, -0.05) is 16.8 Å². The Balaban J connectivity index is 0.00000280. The number of aliphatic imine (C=N–C) groups is 1. The van der Waals surface area contributed by atoms with Crippen molar-refractivity contribution in [2.75, 3.05) is 13.6 Å². The third-order valence-electron chi connectivity index (χ3n) is 3.97. The van der Waals surface area contributed by atoms with E-state index in [-0.39, 0.29) is 30.0 Å². The molecule has 9 heteroatoms. The van der Waals surface area contributed by atoms with E-state index < -0.39 is 0 Å². The molecule has 0 radical (unpaired) electrons. The summed E-state index contributed by atoms with van der Waals surface area (Å²) in [6.07, 6.45) is 0.579. The van der Waals surface area contributed by atoms with Gasteiger partial charge in [0.15, 0.2) is 5.96 Å². The predicted octanol–water partition coefficient (Wildman–Crippen LogP) is 4.38. The van der Waals surface area contributed by atoms with Crippen LogP contribution >= 0.6 is 35.6 Å². The molecule has 1 unspecified atom stereocenters. The van der Waals surface area contributed by atoms with Gasteiger partial charge in [-0.2, -0.15) is 4.98 Å². The molecule has 2 aromatic heterocycles. The minimum Gasteiger partial charge on any atom is -0.464 e. The smallest absolute Gasteiger partial charge is 0.228 e. The molecule has 0 amide bonds. The van der Waals surface area contributed by atoms with Crippen molar-refractivity contribution in [2.45, 2.75) is 26.3 Å². The van der Waals surface area contributed by atoms with Crippen molar-refractivity contribution in [2.24, 2.45) is 4.99 Å². The molecule has 0 aliphatic heterocycles. The predicted molar refractivity (Wildman–Crippen MR) is 120 cm³/mol. The zero-order chi connectivity index (χ0) is 19.2. The van der Waals surface area contributed by atoms with Crippen molar-refractivity contribution in [1.29, 1.82) is 0 Å². The van der Waals surface area contributed by atoms with Crippen molar-refractivity contribution < 1.29 is 8.94 Å². The van der Waals surface area contributed by atoms with Crippen molar-refractivity contribution >= 4 is 41.5 Å². The molecule has 150 valence electrons. The van der Waals surface area contributed by atoms with Crippen LogP contribution < -0.4 is 10.6 Å². The van der Waals surface area contributed by atoms with Crippen LogP contribution in [0, 0.1) is 6.92 Å². The van der Waals surface area contributed by atoms with E-state index in [0.717, 1.165) is 17.1 Å². The van der Waals surface area contributed by atoms with E-state index in [9.17, 15) is 0 Å². The highest BCUT2D eigenvalue weighted by molar-refractivity contribution is 14.0. The zero-order valence-corrected chi connectivity index (χ0v) is 19.0. The van der Waals surface area contributed by atoms with E-state index in [0.29, 0.717) is 35.7 Å². The standard InChI is InChI=1S/C19H22ClN5O2.HI/c1-12-4-9-16(26-12)13(2)23-19(21-3)22-11-10-17-24-18(25-27-17)14-5-7-15(20)8-6-14;/h4-9,13H,10-11H2,1-3H3,(H2,21,22,23);1H. The first-order valence-electron chi connectivity index (χ1n) is 8.67. The van der Waals surface area contributed by atoms with Crippen molar-refractivity contribution in [1.82, 2.24) is 20.8 Å². The first kappa shape index (κ1) is 22.2. The van der Waals surface area contributed by atoms with Crippen molar-refractivity contribution in [3.63, 3.8) is 0 Å². The van der Waals surface area contributed by atoms with Crippen LogP contribution in [0.4, 0.5) is 0 Å². The first-order chi connectivity index (χ1) is 13.0. The molecule has 0 aliphatic carbocycles. The number of guanidine groups is 1. The minimum atomic E-state index is 0. The second-order valence-corrected chi connectivity index (χ2v) is 6.52. The van der Waals surface area contributed by atoms with E-state index in [2.05, 4.69) is 25.8 Å². The third-order valence-corrected chi connectivity index (χ3v) is 4.22. The van der Waals surface area contributed by atoms with Crippen LogP contribution in [0.3, 0.4) is 0 Å². The Kier molecular flexibility index (Phi) is 8.31. The molecule has 0 saturated heterocycles. The van der Waals surface area contributed by atoms with Crippen molar-refractivity contribution in [3.05, 3.63) is 58.8 Å². The lowest BCUT2D eigenvalue weighted by Gasteiger charge is -2.15. The maximum absolute atomic E-state index is 5.90. The number of nitrogens with zero attached hydrogens (tertiary/aromatic N) is 3. The largest absolute Gasteiger partial charge is 0.464 e. The van der Waals surface area contributed by atoms with Gasteiger partial charge in [-0.3, -0.25) is 4.99 Å². The Morgan fingerprint density at radius 1 is 1.21 bits per heavy atom. The van der Waals surface area contributed by atoms with Gasteiger partial charge in [0.05, 0.1) is 6.04 Å². The van der Waals surface area contributed by atoms with Crippen LogP contribution in [0.1, 0.15) is 30.4 Å².